The summed E-state index contributed by atoms with van der Waals surface area (Å²) in [5, 5.41) is 0. The third-order valence-electron chi connectivity index (χ3n) is 4.52. The van der Waals surface area contributed by atoms with E-state index in [4.69, 9.17) is 0 Å². The molecule has 0 aliphatic carbocycles. The smallest absolute Gasteiger partial charge is 0.284 e. The molecule has 0 unspecified atom stereocenters. The molecule has 1 fully saturated rings. The fourth-order valence-corrected chi connectivity index (χ4v) is 4.52. The van der Waals surface area contributed by atoms with Crippen molar-refractivity contribution in [3.63, 3.8) is 0 Å². The summed E-state index contributed by atoms with van der Waals surface area (Å²) in [5.74, 6) is 0.894. The zero-order valence-electron chi connectivity index (χ0n) is 15.0. The molecular weight excluding hydrogens is 351 g/mol. The van der Waals surface area contributed by atoms with Gasteiger partial charge in [0.25, 0.3) is 10.0 Å². The normalized spacial score (nSPS) is 21.7. The average Bonchev–Trinajstić information content (AvgIpc) is 2.60. The van der Waals surface area contributed by atoms with Crippen molar-refractivity contribution in [1.29, 1.82) is 0 Å². The lowest BCUT2D eigenvalue weighted by molar-refractivity contribution is 0.214. The van der Waals surface area contributed by atoms with Gasteiger partial charge in [-0.1, -0.05) is 44.2 Å². The van der Waals surface area contributed by atoms with Gasteiger partial charge in [0, 0.05) is 18.7 Å². The second-order valence-electron chi connectivity index (χ2n) is 7.06. The van der Waals surface area contributed by atoms with Gasteiger partial charge in [0.2, 0.25) is 0 Å². The summed E-state index contributed by atoms with van der Waals surface area (Å²) in [7, 11) is -3.93. The van der Waals surface area contributed by atoms with Crippen LogP contribution in [-0.4, -0.2) is 32.2 Å². The number of halogens is 1. The maximum absolute atomic E-state index is 13.1. The van der Waals surface area contributed by atoms with E-state index in [1.807, 2.05) is 30.3 Å². The molecule has 2 aromatic carbocycles. The second-order valence-corrected chi connectivity index (χ2v) is 8.67. The molecule has 0 N–H and O–H groups in total. The Kier molecular flexibility index (Phi) is 5.41. The van der Waals surface area contributed by atoms with E-state index in [0.29, 0.717) is 17.7 Å². The van der Waals surface area contributed by atoms with E-state index in [1.54, 1.807) is 0 Å². The Labute approximate surface area is 154 Å². The summed E-state index contributed by atoms with van der Waals surface area (Å²) in [6.07, 6.45) is 1.11. The van der Waals surface area contributed by atoms with E-state index in [-0.39, 0.29) is 4.90 Å². The van der Waals surface area contributed by atoms with Crippen LogP contribution in [0, 0.1) is 17.7 Å². The Morgan fingerprint density at radius 1 is 1.00 bits per heavy atom. The molecule has 3 rings (SSSR count). The highest BCUT2D eigenvalue weighted by Crippen LogP contribution is 2.24. The van der Waals surface area contributed by atoms with E-state index in [9.17, 15) is 12.8 Å². The van der Waals surface area contributed by atoms with Crippen molar-refractivity contribution in [2.45, 2.75) is 25.2 Å². The molecule has 0 aromatic heterocycles. The SMILES string of the molecule is C[C@H]1C[C@H](C)CN(C(=NS(=O)(=O)c2ccc(F)cc2)c2ccccc2)C1. The second kappa shape index (κ2) is 7.58. The summed E-state index contributed by atoms with van der Waals surface area (Å²) in [5.41, 5.74) is 0.763. The van der Waals surface area contributed by atoms with Crippen LogP contribution >= 0.6 is 0 Å². The van der Waals surface area contributed by atoms with Gasteiger partial charge in [0.15, 0.2) is 0 Å². The van der Waals surface area contributed by atoms with E-state index in [1.165, 1.54) is 12.1 Å². The van der Waals surface area contributed by atoms with Gasteiger partial charge in [-0.3, -0.25) is 0 Å². The summed E-state index contributed by atoms with van der Waals surface area (Å²) >= 11 is 0. The number of rotatable bonds is 3. The molecule has 0 bridgehead atoms. The van der Waals surface area contributed by atoms with Gasteiger partial charge in [-0.2, -0.15) is 8.42 Å². The number of sulfonamides is 1. The van der Waals surface area contributed by atoms with Gasteiger partial charge in [-0.15, -0.1) is 4.40 Å². The first-order valence-electron chi connectivity index (χ1n) is 8.76. The molecule has 2 atom stereocenters. The first-order chi connectivity index (χ1) is 12.3. The minimum Gasteiger partial charge on any atom is -0.355 e. The summed E-state index contributed by atoms with van der Waals surface area (Å²) in [6.45, 7) is 5.85. The Hall–Kier alpha value is -2.21. The topological polar surface area (TPSA) is 49.7 Å². The fraction of sp³-hybridized carbons (Fsp3) is 0.350. The first kappa shape index (κ1) is 18.6. The average molecular weight is 374 g/mol. The van der Waals surface area contributed by atoms with E-state index in [2.05, 4.69) is 23.1 Å². The van der Waals surface area contributed by atoms with E-state index < -0.39 is 15.8 Å². The minimum atomic E-state index is -3.93. The highest BCUT2D eigenvalue weighted by molar-refractivity contribution is 7.90. The van der Waals surface area contributed by atoms with Gasteiger partial charge in [-0.05, 0) is 42.5 Å². The zero-order chi connectivity index (χ0) is 18.7. The van der Waals surface area contributed by atoms with Crippen LogP contribution in [-0.2, 0) is 10.0 Å². The summed E-state index contributed by atoms with van der Waals surface area (Å²) < 4.78 is 42.9. The summed E-state index contributed by atoms with van der Waals surface area (Å²) in [6, 6.07) is 14.1. The Balaban J connectivity index is 2.05. The zero-order valence-corrected chi connectivity index (χ0v) is 15.8. The number of likely N-dealkylation sites (tertiary alicyclic amines) is 1. The van der Waals surface area contributed by atoms with Crippen LogP contribution in [0.4, 0.5) is 4.39 Å². The lowest BCUT2D eigenvalue weighted by Crippen LogP contribution is -2.43. The largest absolute Gasteiger partial charge is 0.355 e. The van der Waals surface area contributed by atoms with Crippen molar-refractivity contribution in [1.82, 2.24) is 4.90 Å². The monoisotopic (exact) mass is 374 g/mol. The van der Waals surface area contributed by atoms with E-state index >= 15 is 0 Å². The summed E-state index contributed by atoms with van der Waals surface area (Å²) in [4.78, 5) is 2.04. The quantitative estimate of drug-likeness (QED) is 0.604. The number of hydrogen-bond acceptors (Lipinski definition) is 2. The van der Waals surface area contributed by atoms with Crippen molar-refractivity contribution >= 4 is 15.9 Å². The number of hydrogen-bond donors (Lipinski definition) is 0. The van der Waals surface area contributed by atoms with Crippen LogP contribution in [0.5, 0.6) is 0 Å². The van der Waals surface area contributed by atoms with Crippen molar-refractivity contribution in [2.24, 2.45) is 16.2 Å². The molecule has 1 saturated heterocycles. The molecule has 6 heteroatoms. The molecule has 1 aliphatic rings. The lowest BCUT2D eigenvalue weighted by atomic mass is 9.91. The molecule has 4 nitrogen and oxygen atoms in total. The van der Waals surface area contributed by atoms with Gasteiger partial charge in [0.05, 0.1) is 4.90 Å². The predicted molar refractivity (Wildman–Crippen MR) is 101 cm³/mol. The fourth-order valence-electron chi connectivity index (χ4n) is 3.49. The van der Waals surface area contributed by atoms with Crippen LogP contribution in [0.25, 0.3) is 0 Å². The van der Waals surface area contributed by atoms with Crippen molar-refractivity contribution < 1.29 is 12.8 Å². The van der Waals surface area contributed by atoms with Crippen LogP contribution in [0.3, 0.4) is 0 Å². The molecule has 2 aromatic rings. The van der Waals surface area contributed by atoms with E-state index in [0.717, 1.165) is 37.2 Å². The highest BCUT2D eigenvalue weighted by Gasteiger charge is 2.27. The van der Waals surface area contributed by atoms with Crippen LogP contribution in [0.2, 0.25) is 0 Å². The number of amidine groups is 1. The molecule has 0 spiro atoms. The third kappa shape index (κ3) is 4.30. The molecule has 138 valence electrons. The maximum atomic E-state index is 13.1. The molecule has 0 saturated carbocycles. The van der Waals surface area contributed by atoms with Gasteiger partial charge in [0.1, 0.15) is 11.7 Å². The number of piperidine rings is 1. The predicted octanol–water partition coefficient (Wildman–Crippen LogP) is 3.94. The Bertz CT molecular complexity index is 870. The molecule has 1 aliphatic heterocycles. The Morgan fingerprint density at radius 2 is 1.58 bits per heavy atom. The van der Waals surface area contributed by atoms with Gasteiger partial charge < -0.3 is 4.90 Å². The maximum Gasteiger partial charge on any atom is 0.284 e. The standard InChI is InChI=1S/C20H23FN2O2S/c1-15-12-16(2)14-23(13-15)20(17-6-4-3-5-7-17)22-26(24,25)19-10-8-18(21)9-11-19/h3-11,15-16H,12-14H2,1-2H3/t15-,16-/m0/s1. The van der Waals surface area contributed by atoms with Crippen molar-refractivity contribution in [3.8, 4) is 0 Å². The molecule has 0 amide bonds. The molecule has 0 radical (unpaired) electrons. The number of nitrogens with zero attached hydrogens (tertiary/aromatic N) is 2. The number of benzene rings is 2. The minimum absolute atomic E-state index is 0.00885. The van der Waals surface area contributed by atoms with Crippen LogP contribution in [0.1, 0.15) is 25.8 Å². The molecule has 1 heterocycles. The van der Waals surface area contributed by atoms with Gasteiger partial charge in [-0.25, -0.2) is 4.39 Å². The molecular formula is C20H23FN2O2S. The highest BCUT2D eigenvalue weighted by atomic mass is 32.2. The Morgan fingerprint density at radius 3 is 2.15 bits per heavy atom. The first-order valence-corrected chi connectivity index (χ1v) is 10.2. The third-order valence-corrected chi connectivity index (χ3v) is 5.80. The van der Waals surface area contributed by atoms with Crippen LogP contribution in [0.15, 0.2) is 63.9 Å². The molecule has 26 heavy (non-hydrogen) atoms. The van der Waals surface area contributed by atoms with Crippen molar-refractivity contribution in [3.05, 3.63) is 66.0 Å². The lowest BCUT2D eigenvalue weighted by Gasteiger charge is -2.37. The van der Waals surface area contributed by atoms with Crippen LogP contribution < -0.4 is 0 Å². The van der Waals surface area contributed by atoms with Crippen molar-refractivity contribution in [2.75, 3.05) is 13.1 Å². The van der Waals surface area contributed by atoms with Gasteiger partial charge >= 0.3 is 0 Å².